The van der Waals surface area contributed by atoms with Crippen LogP contribution in [0.4, 0.5) is 10.1 Å². The number of aliphatic imine (C=N–C) groups is 1. The summed E-state index contributed by atoms with van der Waals surface area (Å²) in [6, 6.07) is 5.17. The average Bonchev–Trinajstić information content (AvgIpc) is 3.06. The molecule has 0 fully saturated rings. The van der Waals surface area contributed by atoms with Crippen molar-refractivity contribution < 1.29 is 8.81 Å². The molecule has 0 bridgehead atoms. The van der Waals surface area contributed by atoms with Crippen LogP contribution in [0, 0.1) is 5.82 Å². The molecule has 1 aromatic carbocycles. The highest BCUT2D eigenvalue weighted by Gasteiger charge is 2.19. The summed E-state index contributed by atoms with van der Waals surface area (Å²) in [7, 11) is 3.63. The lowest BCUT2D eigenvalue weighted by molar-refractivity contribution is 0.379. The third-order valence-electron chi connectivity index (χ3n) is 3.96. The van der Waals surface area contributed by atoms with Crippen molar-refractivity contribution in [3.63, 3.8) is 0 Å². The summed E-state index contributed by atoms with van der Waals surface area (Å²) in [6.07, 6.45) is 1.76. The van der Waals surface area contributed by atoms with Crippen LogP contribution in [0.15, 0.2) is 33.8 Å². The molecule has 2 rings (SSSR count). The van der Waals surface area contributed by atoms with Crippen molar-refractivity contribution in [2.45, 2.75) is 46.2 Å². The number of nitrogens with one attached hydrogen (secondary N) is 2. The summed E-state index contributed by atoms with van der Waals surface area (Å²) in [5, 5.41) is 6.37. The quantitative estimate of drug-likeness (QED) is 0.598. The van der Waals surface area contributed by atoms with Crippen molar-refractivity contribution in [2.75, 3.05) is 25.5 Å². The fourth-order valence-corrected chi connectivity index (χ4v) is 2.42. The maximum absolute atomic E-state index is 14.1. The van der Waals surface area contributed by atoms with Crippen LogP contribution < -0.4 is 15.5 Å². The Labute approximate surface area is 160 Å². The van der Waals surface area contributed by atoms with Crippen LogP contribution >= 0.6 is 0 Å². The van der Waals surface area contributed by atoms with Gasteiger partial charge in [-0.1, -0.05) is 26.8 Å². The topological polar surface area (TPSA) is 65.7 Å². The van der Waals surface area contributed by atoms with Crippen LogP contribution in [-0.2, 0) is 18.5 Å². The fourth-order valence-electron chi connectivity index (χ4n) is 2.42. The molecule has 7 heteroatoms. The van der Waals surface area contributed by atoms with Crippen molar-refractivity contribution in [3.8, 4) is 0 Å². The number of rotatable bonds is 6. The van der Waals surface area contributed by atoms with Gasteiger partial charge in [0.2, 0.25) is 5.89 Å². The van der Waals surface area contributed by atoms with E-state index in [0.717, 1.165) is 17.9 Å². The van der Waals surface area contributed by atoms with E-state index in [1.54, 1.807) is 17.2 Å². The van der Waals surface area contributed by atoms with Gasteiger partial charge in [0, 0.05) is 26.1 Å². The first-order valence-corrected chi connectivity index (χ1v) is 9.13. The molecular weight excluding hydrogens is 345 g/mol. The van der Waals surface area contributed by atoms with Gasteiger partial charge in [0.05, 0.1) is 25.0 Å². The van der Waals surface area contributed by atoms with Crippen LogP contribution in [0.3, 0.4) is 0 Å². The van der Waals surface area contributed by atoms with Gasteiger partial charge in [-0.25, -0.2) is 14.4 Å². The van der Waals surface area contributed by atoms with Gasteiger partial charge in [-0.3, -0.25) is 0 Å². The molecule has 1 aromatic heterocycles. The van der Waals surface area contributed by atoms with Crippen molar-refractivity contribution in [1.82, 2.24) is 15.6 Å². The predicted molar refractivity (Wildman–Crippen MR) is 108 cm³/mol. The molecule has 0 unspecified atom stereocenters. The monoisotopic (exact) mass is 375 g/mol. The van der Waals surface area contributed by atoms with E-state index in [9.17, 15) is 4.39 Å². The smallest absolute Gasteiger partial charge is 0.213 e. The Morgan fingerprint density at radius 3 is 2.56 bits per heavy atom. The molecule has 0 aliphatic rings. The summed E-state index contributed by atoms with van der Waals surface area (Å²) in [5.74, 6) is 1.83. The van der Waals surface area contributed by atoms with Crippen molar-refractivity contribution >= 4 is 11.6 Å². The molecule has 2 aromatic rings. The van der Waals surface area contributed by atoms with E-state index in [4.69, 9.17) is 4.42 Å². The van der Waals surface area contributed by atoms with Crippen LogP contribution in [0.1, 0.15) is 44.9 Å². The molecular formula is C20H30FN5O. The average molecular weight is 375 g/mol. The van der Waals surface area contributed by atoms with Gasteiger partial charge in [-0.2, -0.15) is 0 Å². The molecule has 0 spiro atoms. The number of benzene rings is 1. The van der Waals surface area contributed by atoms with Crippen LogP contribution in [0.2, 0.25) is 0 Å². The normalized spacial score (nSPS) is 12.2. The van der Waals surface area contributed by atoms with Gasteiger partial charge in [0.25, 0.3) is 0 Å². The Hall–Kier alpha value is -2.57. The Balaban J connectivity index is 2.02. The molecule has 2 N–H and O–H groups in total. The van der Waals surface area contributed by atoms with E-state index in [-0.39, 0.29) is 11.2 Å². The van der Waals surface area contributed by atoms with Crippen molar-refractivity contribution in [2.24, 2.45) is 4.99 Å². The maximum atomic E-state index is 14.1. The molecule has 0 aliphatic heterocycles. The zero-order valence-corrected chi connectivity index (χ0v) is 17.1. The molecule has 0 aliphatic carbocycles. The van der Waals surface area contributed by atoms with Crippen molar-refractivity contribution in [3.05, 3.63) is 47.4 Å². The Bertz CT molecular complexity index is 777. The lowest BCUT2D eigenvalue weighted by atomic mass is 9.94. The first-order valence-electron chi connectivity index (χ1n) is 9.13. The van der Waals surface area contributed by atoms with Gasteiger partial charge in [-0.05, 0) is 24.6 Å². The SMILES string of the molecule is CCNC(=NCc1ccc(N(C)C)c(F)c1)NCc1ncc(C(C)(C)C)o1. The van der Waals surface area contributed by atoms with E-state index in [1.807, 2.05) is 27.1 Å². The minimum Gasteiger partial charge on any atom is -0.443 e. The van der Waals surface area contributed by atoms with E-state index in [0.29, 0.717) is 30.6 Å². The van der Waals surface area contributed by atoms with Crippen molar-refractivity contribution in [1.29, 1.82) is 0 Å². The second-order valence-electron chi connectivity index (χ2n) is 7.60. The first-order chi connectivity index (χ1) is 12.7. The lowest BCUT2D eigenvalue weighted by Gasteiger charge is -2.14. The van der Waals surface area contributed by atoms with Crippen LogP contribution in [-0.4, -0.2) is 31.6 Å². The van der Waals surface area contributed by atoms with Gasteiger partial charge < -0.3 is 20.0 Å². The highest BCUT2D eigenvalue weighted by atomic mass is 19.1. The number of oxazole rings is 1. The Morgan fingerprint density at radius 1 is 1.26 bits per heavy atom. The number of hydrogen-bond acceptors (Lipinski definition) is 4. The first kappa shape index (κ1) is 20.7. The molecule has 0 amide bonds. The summed E-state index contributed by atoms with van der Waals surface area (Å²) in [5.41, 5.74) is 1.29. The molecule has 0 radical (unpaired) electrons. The van der Waals surface area contributed by atoms with Crippen LogP contribution in [0.25, 0.3) is 0 Å². The highest BCUT2D eigenvalue weighted by molar-refractivity contribution is 5.79. The van der Waals surface area contributed by atoms with Gasteiger partial charge in [0.15, 0.2) is 5.96 Å². The molecule has 0 atom stereocenters. The van der Waals surface area contributed by atoms with Gasteiger partial charge in [0.1, 0.15) is 11.6 Å². The largest absolute Gasteiger partial charge is 0.443 e. The Kier molecular flexibility index (Phi) is 6.82. The number of nitrogens with zero attached hydrogens (tertiary/aromatic N) is 3. The third-order valence-corrected chi connectivity index (χ3v) is 3.96. The summed E-state index contributed by atoms with van der Waals surface area (Å²) in [6.45, 7) is 9.75. The number of aromatic nitrogens is 1. The number of guanidine groups is 1. The highest BCUT2D eigenvalue weighted by Crippen LogP contribution is 2.22. The molecule has 0 saturated heterocycles. The lowest BCUT2D eigenvalue weighted by Crippen LogP contribution is -2.36. The van der Waals surface area contributed by atoms with E-state index in [2.05, 4.69) is 41.4 Å². The molecule has 148 valence electrons. The second-order valence-corrected chi connectivity index (χ2v) is 7.60. The minimum atomic E-state index is -0.250. The predicted octanol–water partition coefficient (Wildman–Crippen LogP) is 3.43. The molecule has 1 heterocycles. The van der Waals surface area contributed by atoms with Crippen LogP contribution in [0.5, 0.6) is 0 Å². The Morgan fingerprint density at radius 2 is 2.00 bits per heavy atom. The fraction of sp³-hybridized carbons (Fsp3) is 0.500. The molecule has 6 nitrogen and oxygen atoms in total. The minimum absolute atomic E-state index is 0.0768. The second kappa shape index (κ2) is 8.88. The third kappa shape index (κ3) is 5.98. The standard InChI is InChI=1S/C20H30FN5O/c1-7-22-19(25-13-18-23-12-17(27-18)20(2,3)4)24-11-14-8-9-16(26(5)6)15(21)10-14/h8-10,12H,7,11,13H2,1-6H3,(H2,22,24,25). The maximum Gasteiger partial charge on any atom is 0.213 e. The summed E-state index contributed by atoms with van der Waals surface area (Å²) < 4.78 is 19.9. The molecule has 0 saturated carbocycles. The summed E-state index contributed by atoms with van der Waals surface area (Å²) in [4.78, 5) is 10.6. The van der Waals surface area contributed by atoms with E-state index < -0.39 is 0 Å². The summed E-state index contributed by atoms with van der Waals surface area (Å²) >= 11 is 0. The zero-order valence-electron chi connectivity index (χ0n) is 17.1. The number of hydrogen-bond donors (Lipinski definition) is 2. The molecule has 27 heavy (non-hydrogen) atoms. The van der Waals surface area contributed by atoms with E-state index >= 15 is 0 Å². The number of halogens is 1. The van der Waals surface area contributed by atoms with Gasteiger partial charge in [-0.15, -0.1) is 0 Å². The van der Waals surface area contributed by atoms with Gasteiger partial charge >= 0.3 is 0 Å². The number of anilines is 1. The zero-order chi connectivity index (χ0) is 20.0. The van der Waals surface area contributed by atoms with E-state index in [1.165, 1.54) is 6.07 Å².